The van der Waals surface area contributed by atoms with Gasteiger partial charge < -0.3 is 20.3 Å². The largest absolute Gasteiger partial charge is 0.495 e. The van der Waals surface area contributed by atoms with Gasteiger partial charge in [-0.25, -0.2) is 0 Å². The van der Waals surface area contributed by atoms with E-state index in [1.165, 1.54) is 7.11 Å². The molecule has 17 heavy (non-hydrogen) atoms. The summed E-state index contributed by atoms with van der Waals surface area (Å²) in [6.07, 6.45) is -0.913. The number of methoxy groups -OCH3 is 1. The fraction of sp³-hybridized carbons (Fsp3) is 0.364. The van der Waals surface area contributed by atoms with Crippen LogP contribution in [0.5, 0.6) is 5.75 Å². The highest BCUT2D eigenvalue weighted by molar-refractivity contribution is 6.35. The molecule has 1 aromatic rings. The zero-order valence-corrected chi connectivity index (χ0v) is 10.0. The molecule has 0 radical (unpaired) electrons. The van der Waals surface area contributed by atoms with Crippen molar-refractivity contribution < 1.29 is 14.9 Å². The second kappa shape index (κ2) is 6.30. The van der Waals surface area contributed by atoms with E-state index in [2.05, 4.69) is 5.32 Å². The summed E-state index contributed by atoms with van der Waals surface area (Å²) in [6.45, 7) is -0.269. The predicted octanol–water partition coefficient (Wildman–Crippen LogP) is 0.985. The van der Waals surface area contributed by atoms with E-state index in [9.17, 15) is 5.11 Å². The lowest BCUT2D eigenvalue weighted by atomic mass is 10.1. The van der Waals surface area contributed by atoms with E-state index in [0.717, 1.165) is 0 Å². The number of benzene rings is 1. The van der Waals surface area contributed by atoms with E-state index >= 15 is 0 Å². The number of rotatable bonds is 5. The maximum Gasteiger partial charge on any atom is 0.139 e. The van der Waals surface area contributed by atoms with Crippen molar-refractivity contribution in [2.45, 2.75) is 6.10 Å². The van der Waals surface area contributed by atoms with Crippen LogP contribution >= 0.6 is 11.6 Å². The minimum absolute atomic E-state index is 0.0953. The predicted molar refractivity (Wildman–Crippen MR) is 64.3 cm³/mol. The quantitative estimate of drug-likeness (QED) is 0.731. The van der Waals surface area contributed by atoms with Crippen LogP contribution in [0.15, 0.2) is 12.1 Å². The Balaban J connectivity index is 2.99. The van der Waals surface area contributed by atoms with Crippen molar-refractivity contribution in [1.82, 2.24) is 0 Å². The molecule has 1 unspecified atom stereocenters. The summed E-state index contributed by atoms with van der Waals surface area (Å²) < 4.78 is 5.03. The normalized spacial score (nSPS) is 11.7. The maximum absolute atomic E-state index is 9.23. The summed E-state index contributed by atoms with van der Waals surface area (Å²) in [6, 6.07) is 5.14. The van der Waals surface area contributed by atoms with Crippen molar-refractivity contribution in [2.24, 2.45) is 0 Å². The summed E-state index contributed by atoms with van der Waals surface area (Å²) in [4.78, 5) is 0. The second-order valence-electron chi connectivity index (χ2n) is 3.33. The first-order valence-electron chi connectivity index (χ1n) is 4.93. The Labute approximate surface area is 104 Å². The lowest BCUT2D eigenvalue weighted by Crippen LogP contribution is -2.23. The number of nitriles is 1. The Kier molecular flexibility index (Phi) is 5.04. The van der Waals surface area contributed by atoms with E-state index in [1.807, 2.05) is 6.07 Å². The van der Waals surface area contributed by atoms with Gasteiger partial charge >= 0.3 is 0 Å². The third-order valence-corrected chi connectivity index (χ3v) is 2.55. The summed E-state index contributed by atoms with van der Waals surface area (Å²) in [5, 5.41) is 29.9. The van der Waals surface area contributed by atoms with Crippen LogP contribution in [0.25, 0.3) is 0 Å². The fourth-order valence-corrected chi connectivity index (χ4v) is 1.57. The highest BCUT2D eigenvalue weighted by Gasteiger charge is 2.13. The Morgan fingerprint density at radius 3 is 2.82 bits per heavy atom. The van der Waals surface area contributed by atoms with Gasteiger partial charge in [-0.2, -0.15) is 5.26 Å². The summed E-state index contributed by atoms with van der Waals surface area (Å²) in [7, 11) is 1.47. The van der Waals surface area contributed by atoms with E-state index < -0.39 is 6.10 Å². The Morgan fingerprint density at radius 2 is 2.29 bits per heavy atom. The average Bonchev–Trinajstić information content (AvgIpc) is 2.36. The SMILES string of the molecule is COc1ccc(C#N)c(NCC(O)CO)c1Cl. The third-order valence-electron chi connectivity index (χ3n) is 2.17. The molecule has 6 heteroatoms. The number of ether oxygens (including phenoxy) is 1. The van der Waals surface area contributed by atoms with Gasteiger partial charge in [0, 0.05) is 6.54 Å². The molecule has 0 aliphatic rings. The van der Waals surface area contributed by atoms with Gasteiger partial charge in [-0.15, -0.1) is 0 Å². The van der Waals surface area contributed by atoms with Crippen molar-refractivity contribution in [2.75, 3.05) is 25.6 Å². The van der Waals surface area contributed by atoms with Crippen LogP contribution in [0.4, 0.5) is 5.69 Å². The number of hydrogen-bond acceptors (Lipinski definition) is 5. The standard InChI is InChI=1S/C11H13ClN2O3/c1-17-9-3-2-7(4-13)11(10(9)12)14-5-8(16)6-15/h2-3,8,14-16H,5-6H2,1H3. The molecule has 0 saturated carbocycles. The summed E-state index contributed by atoms with van der Waals surface area (Å²) in [5.41, 5.74) is 0.738. The Morgan fingerprint density at radius 1 is 1.59 bits per heavy atom. The molecule has 0 heterocycles. The minimum Gasteiger partial charge on any atom is -0.495 e. The molecule has 0 bridgehead atoms. The van der Waals surface area contributed by atoms with Gasteiger partial charge in [-0.1, -0.05) is 11.6 Å². The number of hydrogen-bond donors (Lipinski definition) is 3. The number of aliphatic hydroxyl groups is 2. The van der Waals surface area contributed by atoms with E-state index in [-0.39, 0.29) is 18.2 Å². The molecule has 1 aromatic carbocycles. The molecule has 5 nitrogen and oxygen atoms in total. The molecule has 0 saturated heterocycles. The molecule has 0 fully saturated rings. The molecule has 92 valence electrons. The number of nitrogens with zero attached hydrogens (tertiary/aromatic N) is 1. The zero-order valence-electron chi connectivity index (χ0n) is 9.27. The number of halogens is 1. The average molecular weight is 257 g/mol. The first kappa shape index (κ1) is 13.6. The van der Waals surface area contributed by atoms with Gasteiger partial charge in [-0.05, 0) is 12.1 Å². The van der Waals surface area contributed by atoms with E-state index in [0.29, 0.717) is 17.0 Å². The highest BCUT2D eigenvalue weighted by Crippen LogP contribution is 2.34. The van der Waals surface area contributed by atoms with Gasteiger partial charge in [0.2, 0.25) is 0 Å². The molecule has 3 N–H and O–H groups in total. The molecule has 0 aliphatic heterocycles. The van der Waals surface area contributed by atoms with Crippen molar-refractivity contribution in [3.05, 3.63) is 22.7 Å². The van der Waals surface area contributed by atoms with Crippen LogP contribution in [0.3, 0.4) is 0 Å². The molecule has 0 spiro atoms. The van der Waals surface area contributed by atoms with Gasteiger partial charge in [0.1, 0.15) is 16.8 Å². The molecular formula is C11H13ClN2O3. The fourth-order valence-electron chi connectivity index (χ4n) is 1.27. The topological polar surface area (TPSA) is 85.5 Å². The lowest BCUT2D eigenvalue weighted by molar-refractivity contribution is 0.105. The first-order chi connectivity index (χ1) is 8.13. The van der Waals surface area contributed by atoms with Crippen molar-refractivity contribution in [3.63, 3.8) is 0 Å². The molecule has 1 rings (SSSR count). The maximum atomic E-state index is 9.23. The number of nitrogens with one attached hydrogen (secondary N) is 1. The van der Waals surface area contributed by atoms with E-state index in [4.69, 9.17) is 26.7 Å². The van der Waals surface area contributed by atoms with Gasteiger partial charge in [0.15, 0.2) is 0 Å². The van der Waals surface area contributed by atoms with Crippen LogP contribution in [-0.4, -0.2) is 36.6 Å². The third kappa shape index (κ3) is 3.24. The summed E-state index contributed by atoms with van der Waals surface area (Å²) in [5.74, 6) is 0.437. The van der Waals surface area contributed by atoms with Gasteiger partial charge in [0.25, 0.3) is 0 Å². The minimum atomic E-state index is -0.913. The molecule has 1 atom stereocenters. The van der Waals surface area contributed by atoms with Crippen LogP contribution < -0.4 is 10.1 Å². The molecule has 0 aliphatic carbocycles. The zero-order chi connectivity index (χ0) is 12.8. The van der Waals surface area contributed by atoms with Crippen LogP contribution in [-0.2, 0) is 0 Å². The monoisotopic (exact) mass is 256 g/mol. The first-order valence-corrected chi connectivity index (χ1v) is 5.31. The van der Waals surface area contributed by atoms with Gasteiger partial charge in [-0.3, -0.25) is 0 Å². The van der Waals surface area contributed by atoms with Crippen molar-refractivity contribution >= 4 is 17.3 Å². The van der Waals surface area contributed by atoms with Crippen LogP contribution in [0.2, 0.25) is 5.02 Å². The molecule has 0 amide bonds. The van der Waals surface area contributed by atoms with Crippen LogP contribution in [0.1, 0.15) is 5.56 Å². The number of anilines is 1. The molecule has 0 aromatic heterocycles. The van der Waals surface area contributed by atoms with Crippen molar-refractivity contribution in [3.8, 4) is 11.8 Å². The van der Waals surface area contributed by atoms with Crippen molar-refractivity contribution in [1.29, 1.82) is 5.26 Å². The lowest BCUT2D eigenvalue weighted by Gasteiger charge is -2.14. The van der Waals surface area contributed by atoms with E-state index in [1.54, 1.807) is 12.1 Å². The summed E-state index contributed by atoms with van der Waals surface area (Å²) >= 11 is 6.04. The van der Waals surface area contributed by atoms with Crippen LogP contribution in [0, 0.1) is 11.3 Å². The smallest absolute Gasteiger partial charge is 0.139 e. The second-order valence-corrected chi connectivity index (χ2v) is 3.71. The Bertz CT molecular complexity index is 431. The number of aliphatic hydroxyl groups excluding tert-OH is 2. The van der Waals surface area contributed by atoms with Gasteiger partial charge in [0.05, 0.1) is 31.1 Å². The highest BCUT2D eigenvalue weighted by atomic mass is 35.5. The Hall–Kier alpha value is -1.48. The molecular weight excluding hydrogens is 244 g/mol.